The fraction of sp³-hybridized carbons (Fsp3) is 0.238. The standard InChI is InChI=1S/C21H20N2O3S/c1-3-11-26-15-9-7-13(12-16(15)25-2)8-10-18-22-20(24)19-14-5-4-6-17(14)27-21(19)23-18/h3,7-10,12H,1,4-6,11H2,2H3,(H,22,23,24)/b10-8+. The zero-order valence-electron chi connectivity index (χ0n) is 15.1. The highest BCUT2D eigenvalue weighted by Gasteiger charge is 2.20. The van der Waals surface area contributed by atoms with Crippen molar-refractivity contribution in [1.82, 2.24) is 9.97 Å². The molecule has 5 nitrogen and oxygen atoms in total. The molecular formula is C21H20N2O3S. The van der Waals surface area contributed by atoms with E-state index in [1.54, 1.807) is 24.5 Å². The number of hydrogen-bond acceptors (Lipinski definition) is 5. The number of rotatable bonds is 6. The van der Waals surface area contributed by atoms with Gasteiger partial charge in [-0.1, -0.05) is 24.8 Å². The van der Waals surface area contributed by atoms with E-state index in [1.807, 2.05) is 30.4 Å². The number of aromatic amines is 1. The highest BCUT2D eigenvalue weighted by Crippen LogP contribution is 2.34. The summed E-state index contributed by atoms with van der Waals surface area (Å²) in [4.78, 5) is 22.2. The molecule has 0 unspecified atom stereocenters. The lowest BCUT2D eigenvalue weighted by Gasteiger charge is -2.09. The Morgan fingerprint density at radius 2 is 2.19 bits per heavy atom. The van der Waals surface area contributed by atoms with Gasteiger partial charge in [-0.15, -0.1) is 11.3 Å². The number of aryl methyl sites for hydroxylation is 2. The minimum absolute atomic E-state index is 0.0511. The maximum atomic E-state index is 12.5. The molecule has 0 bridgehead atoms. The van der Waals surface area contributed by atoms with E-state index < -0.39 is 0 Å². The molecule has 0 aliphatic heterocycles. The summed E-state index contributed by atoms with van der Waals surface area (Å²) in [6, 6.07) is 5.66. The topological polar surface area (TPSA) is 64.2 Å². The number of H-pyrrole nitrogens is 1. The van der Waals surface area contributed by atoms with E-state index in [0.717, 1.165) is 35.0 Å². The van der Waals surface area contributed by atoms with Crippen molar-refractivity contribution in [1.29, 1.82) is 0 Å². The third kappa shape index (κ3) is 3.40. The van der Waals surface area contributed by atoms with Crippen molar-refractivity contribution in [3.8, 4) is 11.5 Å². The van der Waals surface area contributed by atoms with E-state index in [2.05, 4.69) is 16.5 Å². The lowest BCUT2D eigenvalue weighted by atomic mass is 10.2. The van der Waals surface area contributed by atoms with Crippen LogP contribution >= 0.6 is 11.3 Å². The zero-order chi connectivity index (χ0) is 18.8. The van der Waals surface area contributed by atoms with Crippen LogP contribution in [0.5, 0.6) is 11.5 Å². The second-order valence-electron chi connectivity index (χ2n) is 6.33. The van der Waals surface area contributed by atoms with E-state index in [1.165, 1.54) is 10.4 Å². The van der Waals surface area contributed by atoms with Crippen LogP contribution in [0.2, 0.25) is 0 Å². The quantitative estimate of drug-likeness (QED) is 0.651. The molecule has 0 saturated carbocycles. The third-order valence-corrected chi connectivity index (χ3v) is 5.76. The van der Waals surface area contributed by atoms with Crippen molar-refractivity contribution < 1.29 is 9.47 Å². The minimum atomic E-state index is -0.0511. The Bertz CT molecular complexity index is 1090. The highest BCUT2D eigenvalue weighted by atomic mass is 32.1. The Hall–Kier alpha value is -2.86. The molecule has 0 radical (unpaired) electrons. The molecule has 0 spiro atoms. The van der Waals surface area contributed by atoms with Crippen molar-refractivity contribution in [2.24, 2.45) is 0 Å². The summed E-state index contributed by atoms with van der Waals surface area (Å²) in [6.45, 7) is 4.06. The summed E-state index contributed by atoms with van der Waals surface area (Å²) < 4.78 is 10.9. The first kappa shape index (κ1) is 17.5. The van der Waals surface area contributed by atoms with Gasteiger partial charge < -0.3 is 14.5 Å². The lowest BCUT2D eigenvalue weighted by Crippen LogP contribution is -2.09. The third-order valence-electron chi connectivity index (χ3n) is 4.57. The molecular weight excluding hydrogens is 360 g/mol. The van der Waals surface area contributed by atoms with Crippen LogP contribution in [0.4, 0.5) is 0 Å². The van der Waals surface area contributed by atoms with Gasteiger partial charge in [-0.3, -0.25) is 4.79 Å². The van der Waals surface area contributed by atoms with E-state index in [4.69, 9.17) is 9.47 Å². The highest BCUT2D eigenvalue weighted by molar-refractivity contribution is 7.18. The summed E-state index contributed by atoms with van der Waals surface area (Å²) in [6.07, 6.45) is 8.56. The molecule has 4 rings (SSSR count). The number of methoxy groups -OCH3 is 1. The number of aromatic nitrogens is 2. The summed E-state index contributed by atoms with van der Waals surface area (Å²) in [5.74, 6) is 1.86. The molecule has 1 aliphatic carbocycles. The van der Waals surface area contributed by atoms with Gasteiger partial charge in [0, 0.05) is 4.88 Å². The molecule has 27 heavy (non-hydrogen) atoms. The van der Waals surface area contributed by atoms with Gasteiger partial charge in [-0.05, 0) is 48.6 Å². The molecule has 1 N–H and O–H groups in total. The van der Waals surface area contributed by atoms with Gasteiger partial charge in [0.05, 0.1) is 12.5 Å². The normalized spacial score (nSPS) is 13.2. The predicted molar refractivity (Wildman–Crippen MR) is 110 cm³/mol. The fourth-order valence-corrected chi connectivity index (χ4v) is 4.60. The number of hydrogen-bond donors (Lipinski definition) is 1. The first-order valence-electron chi connectivity index (χ1n) is 8.84. The summed E-state index contributed by atoms with van der Waals surface area (Å²) in [5.41, 5.74) is 2.07. The smallest absolute Gasteiger partial charge is 0.260 e. The number of benzene rings is 1. The van der Waals surface area contributed by atoms with Gasteiger partial charge in [0.2, 0.25) is 0 Å². The van der Waals surface area contributed by atoms with Crippen molar-refractivity contribution >= 4 is 33.7 Å². The molecule has 3 aromatic rings. The van der Waals surface area contributed by atoms with Gasteiger partial charge in [-0.25, -0.2) is 4.98 Å². The summed E-state index contributed by atoms with van der Waals surface area (Å²) >= 11 is 1.64. The van der Waals surface area contributed by atoms with Crippen molar-refractivity contribution in [2.45, 2.75) is 19.3 Å². The van der Waals surface area contributed by atoms with Gasteiger partial charge in [-0.2, -0.15) is 0 Å². The maximum absolute atomic E-state index is 12.5. The Kier molecular flexibility index (Phi) is 4.81. The largest absolute Gasteiger partial charge is 0.493 e. The van der Waals surface area contributed by atoms with Gasteiger partial charge in [0.25, 0.3) is 5.56 Å². The molecule has 0 atom stereocenters. The number of fused-ring (bicyclic) bond motifs is 3. The molecule has 1 aromatic carbocycles. The number of thiophene rings is 1. The number of nitrogens with zero attached hydrogens (tertiary/aromatic N) is 1. The van der Waals surface area contributed by atoms with E-state index in [0.29, 0.717) is 23.9 Å². The SMILES string of the molecule is C=CCOc1ccc(/C=C/c2nc3sc4c(c3c(=O)[nH]2)CCC4)cc1OC. The maximum Gasteiger partial charge on any atom is 0.260 e. The van der Waals surface area contributed by atoms with Gasteiger partial charge in [0.1, 0.15) is 17.3 Å². The predicted octanol–water partition coefficient (Wildman–Crippen LogP) is 4.22. The monoisotopic (exact) mass is 380 g/mol. The molecule has 0 saturated heterocycles. The fourth-order valence-electron chi connectivity index (χ4n) is 3.33. The van der Waals surface area contributed by atoms with E-state index in [-0.39, 0.29) is 5.56 Å². The molecule has 2 heterocycles. The average molecular weight is 380 g/mol. The average Bonchev–Trinajstić information content (AvgIpc) is 3.25. The summed E-state index contributed by atoms with van der Waals surface area (Å²) in [7, 11) is 1.60. The van der Waals surface area contributed by atoms with Gasteiger partial charge >= 0.3 is 0 Å². The van der Waals surface area contributed by atoms with Gasteiger partial charge in [0.15, 0.2) is 11.5 Å². The van der Waals surface area contributed by atoms with Crippen molar-refractivity contribution in [2.75, 3.05) is 13.7 Å². The van der Waals surface area contributed by atoms with Crippen LogP contribution in [0.1, 0.15) is 28.2 Å². The van der Waals surface area contributed by atoms with Crippen LogP contribution in [0.25, 0.3) is 22.4 Å². The Morgan fingerprint density at radius 3 is 3.00 bits per heavy atom. The van der Waals surface area contributed by atoms with Crippen molar-refractivity contribution in [3.05, 3.63) is 63.0 Å². The molecule has 6 heteroatoms. The van der Waals surface area contributed by atoms with Crippen LogP contribution in [0.3, 0.4) is 0 Å². The molecule has 0 amide bonds. The molecule has 2 aromatic heterocycles. The second kappa shape index (κ2) is 7.40. The molecule has 0 fully saturated rings. The summed E-state index contributed by atoms with van der Waals surface area (Å²) in [5, 5.41) is 0.773. The second-order valence-corrected chi connectivity index (χ2v) is 7.42. The Balaban J connectivity index is 1.63. The molecule has 138 valence electrons. The molecule has 1 aliphatic rings. The van der Waals surface area contributed by atoms with Crippen LogP contribution in [0, 0.1) is 0 Å². The Morgan fingerprint density at radius 1 is 1.30 bits per heavy atom. The van der Waals surface area contributed by atoms with Crippen molar-refractivity contribution in [3.63, 3.8) is 0 Å². The van der Waals surface area contributed by atoms with Crippen LogP contribution in [0.15, 0.2) is 35.6 Å². The first-order chi connectivity index (χ1) is 13.2. The van der Waals surface area contributed by atoms with E-state index >= 15 is 0 Å². The van der Waals surface area contributed by atoms with Crippen LogP contribution < -0.4 is 15.0 Å². The Labute approximate surface area is 161 Å². The minimum Gasteiger partial charge on any atom is -0.493 e. The number of nitrogens with one attached hydrogen (secondary N) is 1. The zero-order valence-corrected chi connectivity index (χ0v) is 15.9. The lowest BCUT2D eigenvalue weighted by molar-refractivity contribution is 0.326. The van der Waals surface area contributed by atoms with Crippen LogP contribution in [-0.2, 0) is 12.8 Å². The number of ether oxygens (including phenoxy) is 2. The van der Waals surface area contributed by atoms with Crippen LogP contribution in [-0.4, -0.2) is 23.7 Å². The first-order valence-corrected chi connectivity index (χ1v) is 9.65. The van der Waals surface area contributed by atoms with E-state index in [9.17, 15) is 4.79 Å².